The van der Waals surface area contributed by atoms with Gasteiger partial charge in [0.2, 0.25) is 0 Å². The maximum absolute atomic E-state index is 13.1. The third-order valence-electron chi connectivity index (χ3n) is 5.29. The molecule has 4 heteroatoms. The van der Waals surface area contributed by atoms with E-state index >= 15 is 0 Å². The lowest BCUT2D eigenvalue weighted by Gasteiger charge is -2.50. The summed E-state index contributed by atoms with van der Waals surface area (Å²) < 4.78 is 10.8. The summed E-state index contributed by atoms with van der Waals surface area (Å²) in [7, 11) is 0. The van der Waals surface area contributed by atoms with Gasteiger partial charge in [0.15, 0.2) is 11.4 Å². The molecule has 0 aromatic rings. The Labute approximate surface area is 125 Å². The lowest BCUT2D eigenvalue weighted by molar-refractivity contribution is -0.164. The van der Waals surface area contributed by atoms with Crippen LogP contribution < -0.4 is 0 Å². The first kappa shape index (κ1) is 14.5. The van der Waals surface area contributed by atoms with E-state index in [1.807, 2.05) is 13.0 Å². The Kier molecular flexibility index (Phi) is 3.32. The van der Waals surface area contributed by atoms with E-state index < -0.39 is 11.0 Å². The van der Waals surface area contributed by atoms with E-state index in [1.54, 1.807) is 13.0 Å². The zero-order valence-corrected chi connectivity index (χ0v) is 12.7. The molecule has 4 unspecified atom stereocenters. The number of carbonyl (C=O) groups excluding carboxylic acids is 2. The fourth-order valence-corrected chi connectivity index (χ4v) is 4.23. The number of carbonyl (C=O) groups is 2. The number of ether oxygens (including phenoxy) is 2. The highest BCUT2D eigenvalue weighted by Gasteiger charge is 2.72. The van der Waals surface area contributed by atoms with E-state index in [2.05, 4.69) is 6.58 Å². The van der Waals surface area contributed by atoms with Gasteiger partial charge < -0.3 is 9.47 Å². The first-order chi connectivity index (χ1) is 10.0. The SMILES string of the molecule is C=CCCC12C=C(C)C(CC1C(=O)OCC)C1(CO1)C2=O. The predicted octanol–water partition coefficient (Wildman–Crippen LogP) is 2.44. The van der Waals surface area contributed by atoms with Crippen LogP contribution in [0.3, 0.4) is 0 Å². The molecular formula is C17H22O4. The van der Waals surface area contributed by atoms with Gasteiger partial charge in [-0.15, -0.1) is 6.58 Å². The van der Waals surface area contributed by atoms with Gasteiger partial charge in [0.25, 0.3) is 0 Å². The first-order valence-electron chi connectivity index (χ1n) is 7.67. The molecule has 1 saturated heterocycles. The van der Waals surface area contributed by atoms with Crippen LogP contribution in [0.25, 0.3) is 0 Å². The Morgan fingerprint density at radius 2 is 2.33 bits per heavy atom. The lowest BCUT2D eigenvalue weighted by Crippen LogP contribution is -2.59. The lowest BCUT2D eigenvalue weighted by atomic mass is 9.50. The predicted molar refractivity (Wildman–Crippen MR) is 77.5 cm³/mol. The van der Waals surface area contributed by atoms with Gasteiger partial charge in [0, 0.05) is 5.92 Å². The van der Waals surface area contributed by atoms with E-state index in [4.69, 9.17) is 9.47 Å². The van der Waals surface area contributed by atoms with Gasteiger partial charge in [-0.3, -0.25) is 9.59 Å². The van der Waals surface area contributed by atoms with Crippen molar-refractivity contribution in [2.45, 2.75) is 38.7 Å². The summed E-state index contributed by atoms with van der Waals surface area (Å²) in [5.74, 6) is -0.519. The van der Waals surface area contributed by atoms with Crippen molar-refractivity contribution in [2.75, 3.05) is 13.2 Å². The minimum Gasteiger partial charge on any atom is -0.466 e. The molecule has 1 spiro atoms. The Morgan fingerprint density at radius 3 is 2.90 bits per heavy atom. The highest BCUT2D eigenvalue weighted by molar-refractivity contribution is 6.02. The van der Waals surface area contributed by atoms with Crippen LogP contribution in [0.1, 0.15) is 33.1 Å². The van der Waals surface area contributed by atoms with E-state index in [0.717, 1.165) is 0 Å². The van der Waals surface area contributed by atoms with Crippen LogP contribution in [-0.4, -0.2) is 30.6 Å². The molecule has 2 bridgehead atoms. The molecule has 4 atom stereocenters. The standard InChI is InChI=1S/C17H22O4/c1-4-6-7-16-9-11(3)12(17(10-21-17)15(16)19)8-13(16)14(18)20-5-2/h4,9,12-13H,1,5-8,10H2,2-3H3. The second-order valence-electron chi connectivity index (χ2n) is 6.36. The molecule has 0 N–H and O–H groups in total. The van der Waals surface area contributed by atoms with Crippen molar-refractivity contribution < 1.29 is 19.1 Å². The van der Waals surface area contributed by atoms with Crippen LogP contribution in [0.5, 0.6) is 0 Å². The van der Waals surface area contributed by atoms with Crippen LogP contribution in [0, 0.1) is 17.3 Å². The number of ketones is 1. The minimum absolute atomic E-state index is 0.0324. The van der Waals surface area contributed by atoms with E-state index in [9.17, 15) is 9.59 Å². The van der Waals surface area contributed by atoms with Crippen molar-refractivity contribution in [3.8, 4) is 0 Å². The third kappa shape index (κ3) is 1.85. The van der Waals surface area contributed by atoms with E-state index in [1.165, 1.54) is 5.57 Å². The summed E-state index contributed by atoms with van der Waals surface area (Å²) in [4.78, 5) is 25.4. The number of esters is 1. The number of Topliss-reactive ketones (excluding diaryl/α,β-unsaturated/α-hetero) is 1. The molecular weight excluding hydrogens is 268 g/mol. The number of epoxide rings is 1. The molecule has 2 fully saturated rings. The van der Waals surface area contributed by atoms with Crippen molar-refractivity contribution in [3.05, 3.63) is 24.3 Å². The monoisotopic (exact) mass is 290 g/mol. The molecule has 0 amide bonds. The van der Waals surface area contributed by atoms with Gasteiger partial charge in [-0.2, -0.15) is 0 Å². The zero-order chi connectivity index (χ0) is 15.3. The molecule has 1 heterocycles. The summed E-state index contributed by atoms with van der Waals surface area (Å²) in [6.45, 7) is 8.42. The van der Waals surface area contributed by atoms with Gasteiger partial charge in [0.1, 0.15) is 0 Å². The normalized spacial score (nSPS) is 40.1. The molecule has 1 aliphatic heterocycles. The van der Waals surface area contributed by atoms with Crippen molar-refractivity contribution in [1.82, 2.24) is 0 Å². The van der Waals surface area contributed by atoms with Gasteiger partial charge in [-0.25, -0.2) is 0 Å². The summed E-state index contributed by atoms with van der Waals surface area (Å²) in [6.07, 6.45) is 5.78. The van der Waals surface area contributed by atoms with Crippen LogP contribution in [0.2, 0.25) is 0 Å². The molecule has 3 aliphatic carbocycles. The third-order valence-corrected chi connectivity index (χ3v) is 5.29. The largest absolute Gasteiger partial charge is 0.466 e. The summed E-state index contributed by atoms with van der Waals surface area (Å²) in [6, 6.07) is 0. The molecule has 0 radical (unpaired) electrons. The maximum atomic E-state index is 13.1. The highest BCUT2D eigenvalue weighted by atomic mass is 16.6. The fourth-order valence-electron chi connectivity index (χ4n) is 4.23. The molecule has 0 aromatic heterocycles. The molecule has 114 valence electrons. The van der Waals surface area contributed by atoms with Crippen LogP contribution in [0.4, 0.5) is 0 Å². The van der Waals surface area contributed by atoms with Crippen molar-refractivity contribution >= 4 is 11.8 Å². The van der Waals surface area contributed by atoms with Crippen LogP contribution in [-0.2, 0) is 19.1 Å². The Morgan fingerprint density at radius 1 is 1.62 bits per heavy atom. The zero-order valence-electron chi connectivity index (χ0n) is 12.7. The molecule has 1 saturated carbocycles. The molecule has 0 aromatic carbocycles. The number of allylic oxidation sites excluding steroid dienone is 2. The molecule has 21 heavy (non-hydrogen) atoms. The first-order valence-corrected chi connectivity index (χ1v) is 7.67. The Balaban J connectivity index is 2.03. The molecule has 4 rings (SSSR count). The highest BCUT2D eigenvalue weighted by Crippen LogP contribution is 2.61. The smallest absolute Gasteiger partial charge is 0.310 e. The van der Waals surface area contributed by atoms with Gasteiger partial charge in [0.05, 0.1) is 24.5 Å². The Hall–Kier alpha value is -1.42. The maximum Gasteiger partial charge on any atom is 0.310 e. The second-order valence-corrected chi connectivity index (χ2v) is 6.36. The number of hydrogen-bond acceptors (Lipinski definition) is 4. The molecule has 4 nitrogen and oxygen atoms in total. The minimum atomic E-state index is -0.768. The number of hydrogen-bond donors (Lipinski definition) is 0. The Bertz CT molecular complexity index is 529. The average molecular weight is 290 g/mol. The average Bonchev–Trinajstić information content (AvgIpc) is 3.24. The summed E-state index contributed by atoms with van der Waals surface area (Å²) in [5.41, 5.74) is -0.240. The summed E-state index contributed by atoms with van der Waals surface area (Å²) in [5, 5.41) is 0. The van der Waals surface area contributed by atoms with Gasteiger partial charge >= 0.3 is 5.97 Å². The second kappa shape index (κ2) is 4.80. The van der Waals surface area contributed by atoms with Gasteiger partial charge in [-0.05, 0) is 33.1 Å². The number of fused-ring (bicyclic) bond motifs is 1. The number of rotatable bonds is 5. The topological polar surface area (TPSA) is 55.9 Å². The van der Waals surface area contributed by atoms with Crippen molar-refractivity contribution in [2.24, 2.45) is 17.3 Å². The molecule has 4 aliphatic rings. The quantitative estimate of drug-likeness (QED) is 0.443. The fraction of sp³-hybridized carbons (Fsp3) is 0.647. The van der Waals surface area contributed by atoms with E-state index in [0.29, 0.717) is 32.5 Å². The van der Waals surface area contributed by atoms with E-state index in [-0.39, 0.29) is 23.6 Å². The summed E-state index contributed by atoms with van der Waals surface area (Å²) >= 11 is 0. The van der Waals surface area contributed by atoms with Crippen LogP contribution >= 0.6 is 0 Å². The van der Waals surface area contributed by atoms with Crippen LogP contribution in [0.15, 0.2) is 24.3 Å². The van der Waals surface area contributed by atoms with Crippen molar-refractivity contribution in [3.63, 3.8) is 0 Å². The van der Waals surface area contributed by atoms with Crippen molar-refractivity contribution in [1.29, 1.82) is 0 Å². The van der Waals surface area contributed by atoms with Gasteiger partial charge in [-0.1, -0.05) is 17.7 Å².